The van der Waals surface area contributed by atoms with Gasteiger partial charge in [0.2, 0.25) is 0 Å². The highest BCUT2D eigenvalue weighted by atomic mass is 19.4. The van der Waals surface area contributed by atoms with Gasteiger partial charge in [-0.05, 0) is 49.9 Å². The van der Waals surface area contributed by atoms with Gasteiger partial charge >= 0.3 is 6.18 Å². The summed E-state index contributed by atoms with van der Waals surface area (Å²) in [5, 5.41) is 10.0. The summed E-state index contributed by atoms with van der Waals surface area (Å²) in [7, 11) is 2.00. The Morgan fingerprint density at radius 2 is 1.48 bits per heavy atom. The molecule has 2 rings (SSSR count). The van der Waals surface area contributed by atoms with Gasteiger partial charge in [-0.25, -0.2) is 0 Å². The monoisotopic (exact) mass is 402 g/mol. The molecule has 0 saturated heterocycles. The van der Waals surface area contributed by atoms with Crippen molar-refractivity contribution < 1.29 is 13.2 Å². The van der Waals surface area contributed by atoms with E-state index in [4.69, 9.17) is 0 Å². The van der Waals surface area contributed by atoms with Crippen LogP contribution in [-0.4, -0.2) is 18.0 Å². The Hall–Kier alpha value is -2.32. The summed E-state index contributed by atoms with van der Waals surface area (Å²) in [4.78, 5) is 2.17. The summed E-state index contributed by atoms with van der Waals surface area (Å²) in [6.45, 7) is 6.47. The molecule has 0 bridgehead atoms. The minimum atomic E-state index is -4.48. The van der Waals surface area contributed by atoms with Gasteiger partial charge in [0.1, 0.15) is 0 Å². The molecule has 0 heterocycles. The Balaban J connectivity index is 2.25. The maximum atomic E-state index is 13.6. The van der Waals surface area contributed by atoms with Crippen LogP contribution in [0.4, 0.5) is 13.2 Å². The van der Waals surface area contributed by atoms with Crippen LogP contribution in [0.2, 0.25) is 0 Å². The number of rotatable bonds is 8. The van der Waals surface area contributed by atoms with Crippen LogP contribution in [0.15, 0.2) is 54.6 Å². The van der Waals surface area contributed by atoms with E-state index in [2.05, 4.69) is 30.0 Å². The fourth-order valence-electron chi connectivity index (χ4n) is 3.78. The van der Waals surface area contributed by atoms with E-state index in [9.17, 15) is 18.4 Å². The smallest absolute Gasteiger partial charge is 0.299 e. The molecule has 0 radical (unpaired) electrons. The molecule has 2 atom stereocenters. The van der Waals surface area contributed by atoms with E-state index in [1.807, 2.05) is 39.1 Å². The largest absolute Gasteiger partial charge is 0.416 e. The maximum absolute atomic E-state index is 13.6. The minimum absolute atomic E-state index is 0.0860. The Bertz CT molecular complexity index is 824. The van der Waals surface area contributed by atoms with Crippen molar-refractivity contribution in [2.75, 3.05) is 7.05 Å². The lowest BCUT2D eigenvalue weighted by Crippen LogP contribution is -2.36. The van der Waals surface area contributed by atoms with Gasteiger partial charge in [0.25, 0.3) is 0 Å². The number of alkyl halides is 3. The summed E-state index contributed by atoms with van der Waals surface area (Å²) >= 11 is 0. The molecular formula is C24H29F3N2. The Kier molecular flexibility index (Phi) is 7.48. The zero-order valence-electron chi connectivity index (χ0n) is 17.5. The van der Waals surface area contributed by atoms with Crippen LogP contribution in [0.5, 0.6) is 0 Å². The Labute approximate surface area is 172 Å². The lowest BCUT2D eigenvalue weighted by Gasteiger charge is -2.35. The average Bonchev–Trinajstić information content (AvgIpc) is 2.68. The molecule has 0 spiro atoms. The van der Waals surface area contributed by atoms with E-state index >= 15 is 0 Å². The van der Waals surface area contributed by atoms with Crippen LogP contribution in [0.3, 0.4) is 0 Å². The second kappa shape index (κ2) is 9.45. The van der Waals surface area contributed by atoms with Crippen molar-refractivity contribution in [3.8, 4) is 6.07 Å². The molecule has 2 unspecified atom stereocenters. The SMILES string of the molecule is CC(CCC(C#N)(c1ccccc1C(F)(F)F)C(C)C)N(C)Cc1ccccc1. The quantitative estimate of drug-likeness (QED) is 0.509. The van der Waals surface area contributed by atoms with Crippen LogP contribution in [0, 0.1) is 17.2 Å². The molecule has 0 fully saturated rings. The summed E-state index contributed by atoms with van der Waals surface area (Å²) in [5.74, 6) is -0.248. The topological polar surface area (TPSA) is 27.0 Å². The van der Waals surface area contributed by atoms with Gasteiger partial charge < -0.3 is 0 Å². The minimum Gasteiger partial charge on any atom is -0.299 e. The summed E-state index contributed by atoms with van der Waals surface area (Å²) in [6.07, 6.45) is -3.49. The molecule has 5 heteroatoms. The molecule has 0 amide bonds. The van der Waals surface area contributed by atoms with Crippen LogP contribution in [-0.2, 0) is 18.1 Å². The third-order valence-electron chi connectivity index (χ3n) is 5.88. The first kappa shape index (κ1) is 23.0. The fraction of sp³-hybridized carbons (Fsp3) is 0.458. The van der Waals surface area contributed by atoms with E-state index in [-0.39, 0.29) is 17.5 Å². The number of halogens is 3. The molecule has 29 heavy (non-hydrogen) atoms. The number of benzene rings is 2. The first-order valence-corrected chi connectivity index (χ1v) is 9.94. The normalized spacial score (nSPS) is 15.2. The molecule has 2 nitrogen and oxygen atoms in total. The van der Waals surface area contributed by atoms with Gasteiger partial charge in [0, 0.05) is 12.6 Å². The number of hydrogen-bond acceptors (Lipinski definition) is 2. The van der Waals surface area contributed by atoms with E-state index in [0.717, 1.165) is 12.6 Å². The van der Waals surface area contributed by atoms with Crippen molar-refractivity contribution >= 4 is 0 Å². The standard InChI is InChI=1S/C24H29F3N2/c1-18(2)23(17-28,21-12-8-9-13-22(21)24(25,26)27)15-14-19(3)29(4)16-20-10-6-5-7-11-20/h5-13,18-19H,14-16H2,1-4H3. The van der Waals surface area contributed by atoms with Crippen molar-refractivity contribution in [2.24, 2.45) is 5.92 Å². The summed E-state index contributed by atoms with van der Waals surface area (Å²) < 4.78 is 40.9. The van der Waals surface area contributed by atoms with Crippen LogP contribution < -0.4 is 0 Å². The zero-order valence-corrected chi connectivity index (χ0v) is 17.5. The van der Waals surface area contributed by atoms with Crippen LogP contribution in [0.25, 0.3) is 0 Å². The highest BCUT2D eigenvalue weighted by Gasteiger charge is 2.43. The highest BCUT2D eigenvalue weighted by molar-refractivity contribution is 5.41. The number of nitrogens with zero attached hydrogens (tertiary/aromatic N) is 2. The molecule has 0 N–H and O–H groups in total. The van der Waals surface area contributed by atoms with Crippen molar-refractivity contribution in [3.05, 3.63) is 71.3 Å². The van der Waals surface area contributed by atoms with Gasteiger partial charge in [-0.2, -0.15) is 18.4 Å². The van der Waals surface area contributed by atoms with Crippen molar-refractivity contribution in [1.29, 1.82) is 5.26 Å². The molecular weight excluding hydrogens is 373 g/mol. The van der Waals surface area contributed by atoms with E-state index < -0.39 is 17.2 Å². The van der Waals surface area contributed by atoms with Crippen molar-refractivity contribution in [3.63, 3.8) is 0 Å². The lowest BCUT2D eigenvalue weighted by molar-refractivity contribution is -0.138. The molecule has 0 saturated carbocycles. The molecule has 2 aromatic rings. The Morgan fingerprint density at radius 3 is 2.00 bits per heavy atom. The Morgan fingerprint density at radius 1 is 0.931 bits per heavy atom. The predicted molar refractivity (Wildman–Crippen MR) is 110 cm³/mol. The van der Waals surface area contributed by atoms with Crippen LogP contribution in [0.1, 0.15) is 50.3 Å². The molecule has 0 aromatic heterocycles. The predicted octanol–water partition coefficient (Wildman–Crippen LogP) is 6.42. The highest BCUT2D eigenvalue weighted by Crippen LogP contribution is 2.43. The average molecular weight is 403 g/mol. The first-order valence-electron chi connectivity index (χ1n) is 9.94. The molecule has 156 valence electrons. The van der Waals surface area contributed by atoms with Crippen molar-refractivity contribution in [1.82, 2.24) is 4.90 Å². The van der Waals surface area contributed by atoms with Gasteiger partial charge in [0.05, 0.1) is 17.0 Å². The molecule has 2 aromatic carbocycles. The second-order valence-electron chi connectivity index (χ2n) is 8.07. The third-order valence-corrected chi connectivity index (χ3v) is 5.88. The van der Waals surface area contributed by atoms with E-state index in [1.54, 1.807) is 6.07 Å². The maximum Gasteiger partial charge on any atom is 0.416 e. The molecule has 0 aliphatic carbocycles. The first-order chi connectivity index (χ1) is 13.6. The molecule has 0 aliphatic heterocycles. The lowest BCUT2D eigenvalue weighted by atomic mass is 9.68. The third kappa shape index (κ3) is 5.39. The van der Waals surface area contributed by atoms with Crippen molar-refractivity contribution in [2.45, 2.75) is 57.8 Å². The van der Waals surface area contributed by atoms with Gasteiger partial charge in [-0.15, -0.1) is 0 Å². The van der Waals surface area contributed by atoms with E-state index in [1.165, 1.54) is 17.7 Å². The summed E-state index contributed by atoms with van der Waals surface area (Å²) in [6, 6.07) is 17.9. The van der Waals surface area contributed by atoms with E-state index in [0.29, 0.717) is 12.8 Å². The van der Waals surface area contributed by atoms with Gasteiger partial charge in [-0.3, -0.25) is 4.90 Å². The van der Waals surface area contributed by atoms with Gasteiger partial charge in [0.15, 0.2) is 0 Å². The molecule has 0 aliphatic rings. The van der Waals surface area contributed by atoms with Crippen LogP contribution >= 0.6 is 0 Å². The van der Waals surface area contributed by atoms with Gasteiger partial charge in [-0.1, -0.05) is 62.4 Å². The zero-order chi connectivity index (χ0) is 21.7. The number of nitriles is 1. The second-order valence-corrected chi connectivity index (χ2v) is 8.07. The summed E-state index contributed by atoms with van der Waals surface area (Å²) in [5.41, 5.74) is -0.628. The fourth-order valence-corrected chi connectivity index (χ4v) is 3.78. The number of hydrogen-bond donors (Lipinski definition) is 0.